The number of benzene rings is 1. The van der Waals surface area contributed by atoms with Gasteiger partial charge in [0.15, 0.2) is 0 Å². The second-order valence-corrected chi connectivity index (χ2v) is 4.76. The number of aliphatic hydroxyl groups excluding tert-OH is 1. The molecule has 1 N–H and O–H groups in total. The topological polar surface area (TPSA) is 42.4 Å². The van der Waals surface area contributed by atoms with E-state index in [1.165, 1.54) is 0 Å². The minimum atomic E-state index is -0.520. The molecule has 0 aliphatic heterocycles. The zero-order valence-electron chi connectivity index (χ0n) is 11.6. The van der Waals surface area contributed by atoms with E-state index < -0.39 is 6.10 Å². The molecule has 1 aromatic heterocycles. The summed E-state index contributed by atoms with van der Waals surface area (Å²) in [4.78, 5) is 4.07. The van der Waals surface area contributed by atoms with Gasteiger partial charge in [0.2, 0.25) is 0 Å². The van der Waals surface area contributed by atoms with E-state index in [-0.39, 0.29) is 0 Å². The predicted molar refractivity (Wildman–Crippen MR) is 75.4 cm³/mol. The van der Waals surface area contributed by atoms with Crippen LogP contribution >= 0.6 is 0 Å². The summed E-state index contributed by atoms with van der Waals surface area (Å²) in [6.07, 6.45) is 3.57. The number of methoxy groups -OCH3 is 1. The normalized spacial score (nSPS) is 12.2. The largest absolute Gasteiger partial charge is 0.496 e. The molecule has 0 aliphatic rings. The van der Waals surface area contributed by atoms with E-state index in [9.17, 15) is 5.11 Å². The lowest BCUT2D eigenvalue weighted by atomic mass is 9.96. The summed E-state index contributed by atoms with van der Waals surface area (Å²) < 4.78 is 5.29. The Hall–Kier alpha value is -1.87. The van der Waals surface area contributed by atoms with Crippen LogP contribution in [0.5, 0.6) is 5.75 Å². The molecule has 0 radical (unpaired) electrons. The average Bonchev–Trinajstić information content (AvgIpc) is 2.42. The molecule has 1 unspecified atom stereocenters. The first-order valence-electron chi connectivity index (χ1n) is 6.34. The fraction of sp³-hybridized carbons (Fsp3) is 0.312. The Bertz CT molecular complexity index is 552. The molecule has 1 heterocycles. The Balaban J connectivity index is 2.24. The molecular weight excluding hydrogens is 238 g/mol. The van der Waals surface area contributed by atoms with Crippen molar-refractivity contribution in [3.63, 3.8) is 0 Å². The van der Waals surface area contributed by atoms with E-state index in [2.05, 4.69) is 4.98 Å². The van der Waals surface area contributed by atoms with Gasteiger partial charge in [-0.1, -0.05) is 6.07 Å². The van der Waals surface area contributed by atoms with Crippen LogP contribution in [0.4, 0.5) is 0 Å². The number of aromatic nitrogens is 1. The van der Waals surface area contributed by atoms with E-state index in [1.54, 1.807) is 19.5 Å². The first-order chi connectivity index (χ1) is 9.11. The van der Waals surface area contributed by atoms with Gasteiger partial charge in [-0.15, -0.1) is 0 Å². The molecule has 0 fully saturated rings. The predicted octanol–water partition coefficient (Wildman–Crippen LogP) is 2.98. The summed E-state index contributed by atoms with van der Waals surface area (Å²) in [7, 11) is 1.66. The van der Waals surface area contributed by atoms with Gasteiger partial charge < -0.3 is 9.84 Å². The molecule has 1 atom stereocenters. The number of ether oxygens (including phenoxy) is 1. The molecule has 0 amide bonds. The second-order valence-electron chi connectivity index (χ2n) is 4.76. The lowest BCUT2D eigenvalue weighted by Crippen LogP contribution is -2.05. The number of nitrogens with zero attached hydrogens (tertiary/aromatic N) is 1. The highest BCUT2D eigenvalue weighted by Gasteiger charge is 2.13. The summed E-state index contributed by atoms with van der Waals surface area (Å²) in [5.74, 6) is 0.856. The Kier molecular flexibility index (Phi) is 4.17. The summed E-state index contributed by atoms with van der Waals surface area (Å²) in [6.45, 7) is 3.97. The maximum absolute atomic E-state index is 10.4. The van der Waals surface area contributed by atoms with Gasteiger partial charge in [0.1, 0.15) is 5.75 Å². The van der Waals surface area contributed by atoms with E-state index in [1.807, 2.05) is 38.1 Å². The summed E-state index contributed by atoms with van der Waals surface area (Å²) in [5, 5.41) is 10.4. The average molecular weight is 257 g/mol. The van der Waals surface area contributed by atoms with Crippen molar-refractivity contribution in [1.29, 1.82) is 0 Å². The van der Waals surface area contributed by atoms with E-state index >= 15 is 0 Å². The zero-order valence-corrected chi connectivity index (χ0v) is 11.6. The summed E-state index contributed by atoms with van der Waals surface area (Å²) in [6, 6.07) is 7.82. The molecule has 19 heavy (non-hydrogen) atoms. The van der Waals surface area contributed by atoms with Gasteiger partial charge in [-0.25, -0.2) is 0 Å². The highest BCUT2D eigenvalue weighted by atomic mass is 16.5. The van der Waals surface area contributed by atoms with Crippen LogP contribution in [0.25, 0.3) is 0 Å². The third-order valence-corrected chi connectivity index (χ3v) is 3.29. The van der Waals surface area contributed by atoms with Crippen molar-refractivity contribution in [3.8, 4) is 5.75 Å². The molecule has 0 saturated heterocycles. The molecule has 0 spiro atoms. The molecule has 3 heteroatoms. The number of pyridine rings is 1. The standard InChI is InChI=1S/C16H19NO2/c1-11-8-16(19-3)12(2)7-14(11)15(18)9-13-5-4-6-17-10-13/h4-8,10,15,18H,9H2,1-3H3. The smallest absolute Gasteiger partial charge is 0.122 e. The minimum Gasteiger partial charge on any atom is -0.496 e. The van der Waals surface area contributed by atoms with Crippen molar-refractivity contribution in [1.82, 2.24) is 4.98 Å². The highest BCUT2D eigenvalue weighted by molar-refractivity contribution is 5.42. The summed E-state index contributed by atoms with van der Waals surface area (Å²) in [5.41, 5.74) is 4.05. The van der Waals surface area contributed by atoms with Gasteiger partial charge in [-0.3, -0.25) is 4.98 Å². The van der Waals surface area contributed by atoms with Gasteiger partial charge in [0.25, 0.3) is 0 Å². The number of aliphatic hydroxyl groups is 1. The van der Waals surface area contributed by atoms with Crippen molar-refractivity contribution in [2.45, 2.75) is 26.4 Å². The van der Waals surface area contributed by atoms with Crippen LogP contribution in [-0.2, 0) is 6.42 Å². The fourth-order valence-electron chi connectivity index (χ4n) is 2.24. The Morgan fingerprint density at radius 3 is 2.68 bits per heavy atom. The van der Waals surface area contributed by atoms with E-state index in [4.69, 9.17) is 4.74 Å². The van der Waals surface area contributed by atoms with Crippen LogP contribution in [-0.4, -0.2) is 17.2 Å². The van der Waals surface area contributed by atoms with Gasteiger partial charge in [0.05, 0.1) is 13.2 Å². The maximum Gasteiger partial charge on any atom is 0.122 e. The van der Waals surface area contributed by atoms with Crippen LogP contribution in [0.1, 0.15) is 28.4 Å². The zero-order chi connectivity index (χ0) is 13.8. The van der Waals surface area contributed by atoms with Crippen LogP contribution in [0.3, 0.4) is 0 Å². The second kappa shape index (κ2) is 5.85. The molecule has 100 valence electrons. The fourth-order valence-corrected chi connectivity index (χ4v) is 2.24. The van der Waals surface area contributed by atoms with Crippen molar-refractivity contribution in [2.75, 3.05) is 7.11 Å². The van der Waals surface area contributed by atoms with Crippen LogP contribution in [0, 0.1) is 13.8 Å². The van der Waals surface area contributed by atoms with Crippen molar-refractivity contribution in [3.05, 3.63) is 58.9 Å². The van der Waals surface area contributed by atoms with Gasteiger partial charge in [0, 0.05) is 18.8 Å². The quantitative estimate of drug-likeness (QED) is 0.915. The highest BCUT2D eigenvalue weighted by Crippen LogP contribution is 2.28. The number of hydrogen-bond donors (Lipinski definition) is 1. The molecule has 2 aromatic rings. The van der Waals surface area contributed by atoms with Crippen LogP contribution < -0.4 is 4.74 Å². The monoisotopic (exact) mass is 257 g/mol. The number of aryl methyl sites for hydroxylation is 2. The van der Waals surface area contributed by atoms with Gasteiger partial charge in [-0.05, 0) is 54.3 Å². The van der Waals surface area contributed by atoms with Gasteiger partial charge in [-0.2, -0.15) is 0 Å². The lowest BCUT2D eigenvalue weighted by molar-refractivity contribution is 0.177. The third kappa shape index (κ3) is 3.12. The third-order valence-electron chi connectivity index (χ3n) is 3.29. The summed E-state index contributed by atoms with van der Waals surface area (Å²) >= 11 is 0. The molecule has 2 rings (SSSR count). The Labute approximate surface area is 113 Å². The minimum absolute atomic E-state index is 0.520. The number of rotatable bonds is 4. The maximum atomic E-state index is 10.4. The van der Waals surface area contributed by atoms with E-state index in [0.717, 1.165) is 28.0 Å². The van der Waals surface area contributed by atoms with Crippen molar-refractivity contribution < 1.29 is 9.84 Å². The Morgan fingerprint density at radius 2 is 2.05 bits per heavy atom. The molecule has 3 nitrogen and oxygen atoms in total. The first-order valence-corrected chi connectivity index (χ1v) is 6.34. The van der Waals surface area contributed by atoms with Crippen molar-refractivity contribution in [2.24, 2.45) is 0 Å². The number of hydrogen-bond acceptors (Lipinski definition) is 3. The van der Waals surface area contributed by atoms with Gasteiger partial charge >= 0.3 is 0 Å². The van der Waals surface area contributed by atoms with Crippen molar-refractivity contribution >= 4 is 0 Å². The first kappa shape index (κ1) is 13.6. The SMILES string of the molecule is COc1cc(C)c(C(O)Cc2cccnc2)cc1C. The van der Waals surface area contributed by atoms with Crippen LogP contribution in [0.2, 0.25) is 0 Å². The molecule has 0 bridgehead atoms. The lowest BCUT2D eigenvalue weighted by Gasteiger charge is -2.16. The molecule has 0 saturated carbocycles. The Morgan fingerprint density at radius 1 is 1.26 bits per heavy atom. The van der Waals surface area contributed by atoms with E-state index in [0.29, 0.717) is 6.42 Å². The molecular formula is C16H19NO2. The molecule has 1 aromatic carbocycles. The molecule has 0 aliphatic carbocycles. The van der Waals surface area contributed by atoms with Crippen LogP contribution in [0.15, 0.2) is 36.7 Å².